The summed E-state index contributed by atoms with van der Waals surface area (Å²) in [6.45, 7) is 5.57. The standard InChI is InChI=1S/C21H30N4O3S/c1-3-22-21(24-15-19(16-26)18-7-5-4-6-8-18)23-13-14-25-29(27,28)20-11-9-17(2)10-12-20/h4-12,19,25-26H,3,13-16H2,1-2H3,(H2,22,23,24). The van der Waals surface area contributed by atoms with Crippen LogP contribution >= 0.6 is 0 Å². The van der Waals surface area contributed by atoms with Crippen molar-refractivity contribution in [3.63, 3.8) is 0 Å². The van der Waals surface area contributed by atoms with Crippen molar-refractivity contribution in [2.75, 3.05) is 32.8 Å². The lowest BCUT2D eigenvalue weighted by Gasteiger charge is -2.15. The van der Waals surface area contributed by atoms with Gasteiger partial charge in [0.15, 0.2) is 5.96 Å². The van der Waals surface area contributed by atoms with Crippen molar-refractivity contribution in [2.45, 2.75) is 24.7 Å². The summed E-state index contributed by atoms with van der Waals surface area (Å²) in [6, 6.07) is 16.5. The molecule has 0 amide bonds. The first-order valence-electron chi connectivity index (χ1n) is 9.70. The Morgan fingerprint density at radius 1 is 1.03 bits per heavy atom. The van der Waals surface area contributed by atoms with Gasteiger partial charge in [-0.3, -0.25) is 4.99 Å². The lowest BCUT2D eigenvalue weighted by Crippen LogP contribution is -2.41. The van der Waals surface area contributed by atoms with E-state index in [9.17, 15) is 13.5 Å². The number of hydrogen-bond acceptors (Lipinski definition) is 4. The van der Waals surface area contributed by atoms with Crippen molar-refractivity contribution in [2.24, 2.45) is 4.99 Å². The fraction of sp³-hybridized carbons (Fsp3) is 0.381. The first-order valence-corrected chi connectivity index (χ1v) is 11.2. The van der Waals surface area contributed by atoms with Gasteiger partial charge in [-0.25, -0.2) is 13.1 Å². The maximum absolute atomic E-state index is 12.3. The Hall–Kier alpha value is -2.42. The highest BCUT2D eigenvalue weighted by Gasteiger charge is 2.13. The Labute approximate surface area is 173 Å². The molecule has 0 radical (unpaired) electrons. The van der Waals surface area contributed by atoms with E-state index in [1.807, 2.05) is 44.2 Å². The summed E-state index contributed by atoms with van der Waals surface area (Å²) in [5, 5.41) is 15.9. The van der Waals surface area contributed by atoms with Crippen molar-refractivity contribution < 1.29 is 13.5 Å². The summed E-state index contributed by atoms with van der Waals surface area (Å²) in [7, 11) is -3.54. The van der Waals surface area contributed by atoms with E-state index in [-0.39, 0.29) is 24.0 Å². The zero-order valence-corrected chi connectivity index (χ0v) is 17.7. The predicted molar refractivity (Wildman–Crippen MR) is 117 cm³/mol. The van der Waals surface area contributed by atoms with Crippen LogP contribution in [0.2, 0.25) is 0 Å². The summed E-state index contributed by atoms with van der Waals surface area (Å²) in [6.07, 6.45) is 0. The lowest BCUT2D eigenvalue weighted by molar-refractivity contribution is 0.268. The number of benzene rings is 2. The number of nitrogens with one attached hydrogen (secondary N) is 3. The van der Waals surface area contributed by atoms with Gasteiger partial charge in [-0.05, 0) is 31.5 Å². The van der Waals surface area contributed by atoms with Gasteiger partial charge in [0, 0.05) is 25.6 Å². The molecule has 1 atom stereocenters. The quantitative estimate of drug-likeness (QED) is 0.267. The van der Waals surface area contributed by atoms with Crippen LogP contribution in [0.25, 0.3) is 0 Å². The number of aryl methyl sites for hydroxylation is 1. The molecule has 158 valence electrons. The van der Waals surface area contributed by atoms with E-state index in [1.165, 1.54) is 0 Å². The van der Waals surface area contributed by atoms with Crippen LogP contribution < -0.4 is 15.4 Å². The van der Waals surface area contributed by atoms with Gasteiger partial charge in [-0.1, -0.05) is 48.0 Å². The number of rotatable bonds is 10. The third kappa shape index (κ3) is 7.49. The minimum absolute atomic E-state index is 0.00324. The van der Waals surface area contributed by atoms with Crippen LogP contribution in [0.15, 0.2) is 64.5 Å². The summed E-state index contributed by atoms with van der Waals surface area (Å²) in [5.74, 6) is 0.489. The van der Waals surface area contributed by atoms with E-state index in [1.54, 1.807) is 24.3 Å². The van der Waals surface area contributed by atoms with Crippen molar-refractivity contribution in [1.82, 2.24) is 15.4 Å². The van der Waals surface area contributed by atoms with E-state index >= 15 is 0 Å². The molecule has 0 aromatic heterocycles. The molecule has 7 nitrogen and oxygen atoms in total. The van der Waals surface area contributed by atoms with E-state index < -0.39 is 10.0 Å². The topological polar surface area (TPSA) is 103 Å². The van der Waals surface area contributed by atoms with Crippen LogP contribution in [0.4, 0.5) is 0 Å². The molecule has 1 unspecified atom stereocenters. The third-order valence-corrected chi connectivity index (χ3v) is 5.82. The summed E-state index contributed by atoms with van der Waals surface area (Å²) in [4.78, 5) is 4.77. The molecule has 0 saturated heterocycles. The molecule has 2 aromatic rings. The number of aliphatic imine (C=N–C) groups is 1. The van der Waals surface area contributed by atoms with Gasteiger partial charge < -0.3 is 15.7 Å². The largest absolute Gasteiger partial charge is 0.396 e. The molecule has 2 aromatic carbocycles. The number of hydrogen-bond donors (Lipinski definition) is 4. The molecule has 0 bridgehead atoms. The average molecular weight is 419 g/mol. The van der Waals surface area contributed by atoms with Crippen LogP contribution in [0.1, 0.15) is 24.0 Å². The number of aliphatic hydroxyl groups is 1. The van der Waals surface area contributed by atoms with Gasteiger partial charge in [0.2, 0.25) is 10.0 Å². The number of aliphatic hydroxyl groups excluding tert-OH is 1. The molecule has 2 rings (SSSR count). The van der Waals surface area contributed by atoms with E-state index in [2.05, 4.69) is 20.3 Å². The maximum atomic E-state index is 12.3. The smallest absolute Gasteiger partial charge is 0.240 e. The monoisotopic (exact) mass is 418 g/mol. The zero-order chi connectivity index (χ0) is 21.1. The van der Waals surface area contributed by atoms with Crippen LogP contribution in [0.5, 0.6) is 0 Å². The number of guanidine groups is 1. The second kappa shape index (κ2) is 11.5. The molecule has 4 N–H and O–H groups in total. The molecule has 29 heavy (non-hydrogen) atoms. The summed E-state index contributed by atoms with van der Waals surface area (Å²) < 4.78 is 27.2. The maximum Gasteiger partial charge on any atom is 0.240 e. The van der Waals surface area contributed by atoms with E-state index in [0.717, 1.165) is 11.1 Å². The average Bonchev–Trinajstić information content (AvgIpc) is 2.72. The molecule has 8 heteroatoms. The second-order valence-electron chi connectivity index (χ2n) is 6.65. The van der Waals surface area contributed by atoms with Crippen molar-refractivity contribution in [3.05, 3.63) is 65.7 Å². The van der Waals surface area contributed by atoms with Crippen molar-refractivity contribution >= 4 is 16.0 Å². The van der Waals surface area contributed by atoms with E-state index in [4.69, 9.17) is 0 Å². The fourth-order valence-corrected chi connectivity index (χ4v) is 3.74. The first kappa shape index (κ1) is 22.9. The Bertz CT molecular complexity index is 869. The van der Waals surface area contributed by atoms with Gasteiger partial charge in [0.25, 0.3) is 0 Å². The zero-order valence-electron chi connectivity index (χ0n) is 16.9. The highest BCUT2D eigenvalue weighted by molar-refractivity contribution is 7.89. The van der Waals surface area contributed by atoms with Gasteiger partial charge in [0.1, 0.15) is 0 Å². The third-order valence-electron chi connectivity index (χ3n) is 4.35. The molecular weight excluding hydrogens is 388 g/mol. The fourth-order valence-electron chi connectivity index (χ4n) is 2.70. The molecule has 0 aliphatic heterocycles. The Morgan fingerprint density at radius 3 is 2.34 bits per heavy atom. The Kier molecular flexibility index (Phi) is 9.11. The van der Waals surface area contributed by atoms with Crippen LogP contribution in [0, 0.1) is 6.92 Å². The van der Waals surface area contributed by atoms with Gasteiger partial charge in [-0.15, -0.1) is 0 Å². The molecule has 0 heterocycles. The van der Waals surface area contributed by atoms with Crippen LogP contribution in [-0.4, -0.2) is 52.3 Å². The highest BCUT2D eigenvalue weighted by Crippen LogP contribution is 2.15. The minimum atomic E-state index is -3.54. The molecule has 0 fully saturated rings. The van der Waals surface area contributed by atoms with Crippen LogP contribution in [0.3, 0.4) is 0 Å². The van der Waals surface area contributed by atoms with E-state index in [0.29, 0.717) is 25.6 Å². The molecule has 0 aliphatic carbocycles. The van der Waals surface area contributed by atoms with Crippen LogP contribution in [-0.2, 0) is 10.0 Å². The Balaban J connectivity index is 1.88. The van der Waals surface area contributed by atoms with Crippen molar-refractivity contribution in [1.29, 1.82) is 0 Å². The minimum Gasteiger partial charge on any atom is -0.396 e. The van der Waals surface area contributed by atoms with Gasteiger partial charge >= 0.3 is 0 Å². The highest BCUT2D eigenvalue weighted by atomic mass is 32.2. The van der Waals surface area contributed by atoms with Gasteiger partial charge in [0.05, 0.1) is 18.0 Å². The number of nitrogens with zero attached hydrogens (tertiary/aromatic N) is 1. The predicted octanol–water partition coefficient (Wildman–Crippen LogP) is 1.60. The van der Waals surface area contributed by atoms with Crippen molar-refractivity contribution in [3.8, 4) is 0 Å². The number of sulfonamides is 1. The summed E-state index contributed by atoms with van der Waals surface area (Å²) in [5.41, 5.74) is 2.04. The lowest BCUT2D eigenvalue weighted by atomic mass is 10.0. The molecule has 0 saturated carbocycles. The molecule has 0 spiro atoms. The van der Waals surface area contributed by atoms with Gasteiger partial charge in [-0.2, -0.15) is 0 Å². The summed E-state index contributed by atoms with van der Waals surface area (Å²) >= 11 is 0. The normalized spacial score (nSPS) is 13.1. The molecular formula is C21H30N4O3S. The SMILES string of the molecule is CCNC(=NCC(CO)c1ccccc1)NCCNS(=O)(=O)c1ccc(C)cc1. The second-order valence-corrected chi connectivity index (χ2v) is 8.41. The first-order chi connectivity index (χ1) is 14.0. The Morgan fingerprint density at radius 2 is 1.72 bits per heavy atom. The molecule has 0 aliphatic rings.